The molecular formula is C12H23N3O. The van der Waals surface area contributed by atoms with Crippen LogP contribution in [0.15, 0.2) is 0 Å². The summed E-state index contributed by atoms with van der Waals surface area (Å²) in [6, 6.07) is 2.53. The van der Waals surface area contributed by atoms with E-state index in [1.165, 1.54) is 0 Å². The van der Waals surface area contributed by atoms with Gasteiger partial charge in [0.05, 0.1) is 18.7 Å². The zero-order chi connectivity index (χ0) is 11.8. The number of piperazine rings is 1. The van der Waals surface area contributed by atoms with Crippen molar-refractivity contribution in [2.24, 2.45) is 0 Å². The number of nitrogens with zero attached hydrogens (tertiary/aromatic N) is 3. The van der Waals surface area contributed by atoms with Crippen LogP contribution in [0.4, 0.5) is 0 Å². The highest BCUT2D eigenvalue weighted by molar-refractivity contribution is 4.93. The predicted octanol–water partition coefficient (Wildman–Crippen LogP) is 0.943. The molecule has 92 valence electrons. The van der Waals surface area contributed by atoms with Crippen molar-refractivity contribution in [2.45, 2.75) is 25.8 Å². The maximum atomic E-state index is 9.09. The highest BCUT2D eigenvalue weighted by Gasteiger charge is 2.22. The lowest BCUT2D eigenvalue weighted by atomic mass is 10.1. The fourth-order valence-corrected chi connectivity index (χ4v) is 2.12. The van der Waals surface area contributed by atoms with E-state index < -0.39 is 0 Å². The molecule has 0 spiro atoms. The summed E-state index contributed by atoms with van der Waals surface area (Å²) in [7, 11) is 1.74. The summed E-state index contributed by atoms with van der Waals surface area (Å²) >= 11 is 0. The molecule has 0 bridgehead atoms. The van der Waals surface area contributed by atoms with Gasteiger partial charge >= 0.3 is 0 Å². The van der Waals surface area contributed by atoms with Gasteiger partial charge in [0.2, 0.25) is 0 Å². The average molecular weight is 225 g/mol. The van der Waals surface area contributed by atoms with Crippen LogP contribution < -0.4 is 0 Å². The van der Waals surface area contributed by atoms with Crippen LogP contribution >= 0.6 is 0 Å². The molecule has 4 nitrogen and oxygen atoms in total. The van der Waals surface area contributed by atoms with Gasteiger partial charge in [0.15, 0.2) is 0 Å². The van der Waals surface area contributed by atoms with E-state index in [1.807, 2.05) is 0 Å². The summed E-state index contributed by atoms with van der Waals surface area (Å²) < 4.78 is 5.07. The summed E-state index contributed by atoms with van der Waals surface area (Å²) in [5.41, 5.74) is 0. The van der Waals surface area contributed by atoms with Crippen LogP contribution in [0, 0.1) is 11.3 Å². The van der Waals surface area contributed by atoms with Crippen LogP contribution in [0.25, 0.3) is 0 Å². The Morgan fingerprint density at radius 1 is 1.31 bits per heavy atom. The average Bonchev–Trinajstić information content (AvgIpc) is 2.34. The summed E-state index contributed by atoms with van der Waals surface area (Å²) in [6.45, 7) is 8.10. The standard InChI is InChI=1S/C12H23N3O/c1-3-4-12(11-13)15-7-5-14(6-8-15)9-10-16-2/h12H,3-10H2,1-2H3. The molecule has 16 heavy (non-hydrogen) atoms. The number of rotatable bonds is 6. The number of ether oxygens (including phenoxy) is 1. The van der Waals surface area contributed by atoms with E-state index in [2.05, 4.69) is 22.8 Å². The van der Waals surface area contributed by atoms with E-state index in [-0.39, 0.29) is 6.04 Å². The molecule has 0 aromatic heterocycles. The van der Waals surface area contributed by atoms with Crippen molar-refractivity contribution < 1.29 is 4.74 Å². The minimum atomic E-state index is 0.120. The van der Waals surface area contributed by atoms with Gasteiger partial charge in [-0.1, -0.05) is 13.3 Å². The molecule has 4 heteroatoms. The molecule has 0 aromatic carbocycles. The van der Waals surface area contributed by atoms with Crippen molar-refractivity contribution in [2.75, 3.05) is 46.4 Å². The smallest absolute Gasteiger partial charge is 0.0978 e. The Balaban J connectivity index is 2.28. The minimum Gasteiger partial charge on any atom is -0.383 e. The van der Waals surface area contributed by atoms with Crippen molar-refractivity contribution >= 4 is 0 Å². The molecule has 1 fully saturated rings. The highest BCUT2D eigenvalue weighted by Crippen LogP contribution is 2.10. The Morgan fingerprint density at radius 3 is 2.50 bits per heavy atom. The number of methoxy groups -OCH3 is 1. The van der Waals surface area contributed by atoms with Crippen molar-refractivity contribution in [1.29, 1.82) is 5.26 Å². The fraction of sp³-hybridized carbons (Fsp3) is 0.917. The van der Waals surface area contributed by atoms with Crippen molar-refractivity contribution in [3.05, 3.63) is 0 Å². The Hall–Kier alpha value is -0.630. The minimum absolute atomic E-state index is 0.120. The third-order valence-electron chi connectivity index (χ3n) is 3.17. The molecule has 1 rings (SSSR count). The van der Waals surface area contributed by atoms with Crippen molar-refractivity contribution in [1.82, 2.24) is 9.80 Å². The molecule has 1 unspecified atom stereocenters. The lowest BCUT2D eigenvalue weighted by molar-refractivity contribution is 0.0843. The van der Waals surface area contributed by atoms with Gasteiger partial charge in [-0.05, 0) is 6.42 Å². The van der Waals surface area contributed by atoms with Crippen LogP contribution in [0.3, 0.4) is 0 Å². The normalized spacial score (nSPS) is 20.6. The quantitative estimate of drug-likeness (QED) is 0.674. The topological polar surface area (TPSA) is 39.5 Å². The van der Waals surface area contributed by atoms with Gasteiger partial charge in [0, 0.05) is 39.8 Å². The molecule has 1 atom stereocenters. The van der Waals surface area contributed by atoms with Crippen LogP contribution in [0.5, 0.6) is 0 Å². The molecule has 0 N–H and O–H groups in total. The van der Waals surface area contributed by atoms with Crippen molar-refractivity contribution in [3.8, 4) is 6.07 Å². The number of nitriles is 1. The molecule has 1 aliphatic rings. The highest BCUT2D eigenvalue weighted by atomic mass is 16.5. The van der Waals surface area contributed by atoms with Crippen LogP contribution in [-0.2, 0) is 4.74 Å². The van der Waals surface area contributed by atoms with E-state index in [0.717, 1.165) is 52.2 Å². The maximum Gasteiger partial charge on any atom is 0.0978 e. The van der Waals surface area contributed by atoms with Crippen LogP contribution in [0.2, 0.25) is 0 Å². The molecule has 0 aromatic rings. The Kier molecular flexibility index (Phi) is 6.39. The first-order valence-electron chi connectivity index (χ1n) is 6.16. The Morgan fingerprint density at radius 2 is 2.00 bits per heavy atom. The van der Waals surface area contributed by atoms with Gasteiger partial charge < -0.3 is 4.74 Å². The van der Waals surface area contributed by atoms with Crippen molar-refractivity contribution in [3.63, 3.8) is 0 Å². The molecule has 0 aliphatic carbocycles. The Bertz CT molecular complexity index is 219. The molecular weight excluding hydrogens is 202 g/mol. The van der Waals surface area contributed by atoms with Crippen LogP contribution in [0.1, 0.15) is 19.8 Å². The third-order valence-corrected chi connectivity index (χ3v) is 3.17. The monoisotopic (exact) mass is 225 g/mol. The van der Waals surface area contributed by atoms with Gasteiger partial charge in [0.25, 0.3) is 0 Å². The summed E-state index contributed by atoms with van der Waals surface area (Å²) in [5.74, 6) is 0. The van der Waals surface area contributed by atoms with Gasteiger partial charge in [0.1, 0.15) is 0 Å². The second-order valence-corrected chi connectivity index (χ2v) is 4.30. The molecule has 1 aliphatic heterocycles. The van der Waals surface area contributed by atoms with Gasteiger partial charge in [-0.3, -0.25) is 9.80 Å². The van der Waals surface area contributed by atoms with E-state index in [0.29, 0.717) is 0 Å². The molecule has 0 amide bonds. The molecule has 0 radical (unpaired) electrons. The first kappa shape index (κ1) is 13.4. The second kappa shape index (κ2) is 7.61. The van der Waals surface area contributed by atoms with Gasteiger partial charge in [-0.25, -0.2) is 0 Å². The number of hydrogen-bond acceptors (Lipinski definition) is 4. The number of hydrogen-bond donors (Lipinski definition) is 0. The summed E-state index contributed by atoms with van der Waals surface area (Å²) in [5, 5.41) is 9.09. The molecule has 0 saturated carbocycles. The summed E-state index contributed by atoms with van der Waals surface area (Å²) in [6.07, 6.45) is 2.08. The van der Waals surface area contributed by atoms with E-state index in [1.54, 1.807) is 7.11 Å². The largest absolute Gasteiger partial charge is 0.383 e. The third kappa shape index (κ3) is 4.09. The first-order valence-corrected chi connectivity index (χ1v) is 6.16. The fourth-order valence-electron chi connectivity index (χ4n) is 2.12. The molecule has 1 saturated heterocycles. The first-order chi connectivity index (χ1) is 7.81. The van der Waals surface area contributed by atoms with Crippen LogP contribution in [-0.4, -0.2) is 62.3 Å². The SMILES string of the molecule is CCCC(C#N)N1CCN(CCOC)CC1. The van der Waals surface area contributed by atoms with E-state index in [4.69, 9.17) is 10.00 Å². The maximum absolute atomic E-state index is 9.09. The Labute approximate surface area is 98.8 Å². The van der Waals surface area contributed by atoms with Gasteiger partial charge in [-0.2, -0.15) is 5.26 Å². The zero-order valence-electron chi connectivity index (χ0n) is 10.5. The van der Waals surface area contributed by atoms with E-state index in [9.17, 15) is 0 Å². The lowest BCUT2D eigenvalue weighted by Gasteiger charge is -2.36. The van der Waals surface area contributed by atoms with E-state index >= 15 is 0 Å². The second-order valence-electron chi connectivity index (χ2n) is 4.30. The predicted molar refractivity (Wildman–Crippen MR) is 64.2 cm³/mol. The van der Waals surface area contributed by atoms with Gasteiger partial charge in [-0.15, -0.1) is 0 Å². The zero-order valence-corrected chi connectivity index (χ0v) is 10.5. The lowest BCUT2D eigenvalue weighted by Crippen LogP contribution is -2.50. The summed E-state index contributed by atoms with van der Waals surface area (Å²) in [4.78, 5) is 4.72. The molecule has 1 heterocycles.